The fourth-order valence-corrected chi connectivity index (χ4v) is 2.73. The number of benzene rings is 1. The van der Waals surface area contributed by atoms with Crippen LogP contribution in [0.25, 0.3) is 11.2 Å². The van der Waals surface area contributed by atoms with Crippen LogP contribution >= 0.6 is 11.8 Å². The van der Waals surface area contributed by atoms with E-state index in [-0.39, 0.29) is 17.4 Å². The summed E-state index contributed by atoms with van der Waals surface area (Å²) in [6.45, 7) is 1.50. The van der Waals surface area contributed by atoms with E-state index in [9.17, 15) is 9.59 Å². The first-order valence-electron chi connectivity index (χ1n) is 6.81. The van der Waals surface area contributed by atoms with Crippen molar-refractivity contribution in [2.45, 2.75) is 11.9 Å². The Morgan fingerprint density at radius 3 is 2.70 bits per heavy atom. The molecule has 0 aliphatic carbocycles. The summed E-state index contributed by atoms with van der Waals surface area (Å²) in [5.41, 5.74) is 2.55. The Balaban J connectivity index is 1.61. The molecule has 0 spiro atoms. The summed E-state index contributed by atoms with van der Waals surface area (Å²) in [6.07, 6.45) is 2.96. The van der Waals surface area contributed by atoms with Crippen LogP contribution in [0.4, 0.5) is 5.69 Å². The van der Waals surface area contributed by atoms with Crippen LogP contribution in [0, 0.1) is 0 Å². The van der Waals surface area contributed by atoms with Gasteiger partial charge in [0.25, 0.3) is 0 Å². The second-order valence-electron chi connectivity index (χ2n) is 4.75. The maximum atomic E-state index is 12.0. The van der Waals surface area contributed by atoms with Gasteiger partial charge in [-0.05, 0) is 31.2 Å². The van der Waals surface area contributed by atoms with Crippen LogP contribution in [0.2, 0.25) is 0 Å². The number of imidazole rings is 1. The number of nitrogens with zero attached hydrogens (tertiary/aromatic N) is 3. The summed E-state index contributed by atoms with van der Waals surface area (Å²) >= 11 is 1.30. The molecule has 0 bridgehead atoms. The van der Waals surface area contributed by atoms with Gasteiger partial charge in [0.05, 0.1) is 12.1 Å². The number of anilines is 1. The summed E-state index contributed by atoms with van der Waals surface area (Å²) in [4.78, 5) is 38.4. The SMILES string of the molecule is CC(=O)c1ccc(NC(=O)CSc2ncnc3nc[nH]c23)cc1. The number of carbonyl (C=O) groups is 2. The number of hydrogen-bond acceptors (Lipinski definition) is 6. The van der Waals surface area contributed by atoms with E-state index in [2.05, 4.69) is 25.3 Å². The summed E-state index contributed by atoms with van der Waals surface area (Å²) in [5.74, 6) is 0.0437. The Bertz CT molecular complexity index is 860. The van der Waals surface area contributed by atoms with E-state index >= 15 is 0 Å². The lowest BCUT2D eigenvalue weighted by atomic mass is 10.1. The minimum absolute atomic E-state index is 0.00855. The number of H-pyrrole nitrogens is 1. The molecule has 1 amide bonds. The quantitative estimate of drug-likeness (QED) is 0.423. The molecule has 2 aromatic heterocycles. The normalized spacial score (nSPS) is 10.7. The first-order chi connectivity index (χ1) is 11.1. The Kier molecular flexibility index (Phi) is 4.33. The van der Waals surface area contributed by atoms with Gasteiger partial charge < -0.3 is 10.3 Å². The van der Waals surface area contributed by atoms with E-state index < -0.39 is 0 Å². The number of fused-ring (bicyclic) bond motifs is 1. The number of carbonyl (C=O) groups excluding carboxylic acids is 2. The molecule has 8 heteroatoms. The minimum atomic E-state index is -0.156. The number of ketones is 1. The van der Waals surface area contributed by atoms with Gasteiger partial charge in [-0.1, -0.05) is 11.8 Å². The predicted molar refractivity (Wildman–Crippen MR) is 87.5 cm³/mol. The van der Waals surface area contributed by atoms with Crippen molar-refractivity contribution < 1.29 is 9.59 Å². The molecular formula is C15H13N5O2S. The molecule has 0 atom stereocenters. The van der Waals surface area contributed by atoms with Crippen molar-refractivity contribution in [3.63, 3.8) is 0 Å². The third-order valence-corrected chi connectivity index (χ3v) is 4.09. The van der Waals surface area contributed by atoms with Crippen molar-refractivity contribution in [2.75, 3.05) is 11.1 Å². The van der Waals surface area contributed by atoms with Crippen LogP contribution in [0.5, 0.6) is 0 Å². The van der Waals surface area contributed by atoms with Crippen LogP contribution in [-0.4, -0.2) is 37.4 Å². The molecule has 0 fully saturated rings. The summed E-state index contributed by atoms with van der Waals surface area (Å²) in [6, 6.07) is 6.78. The largest absolute Gasteiger partial charge is 0.341 e. The van der Waals surface area contributed by atoms with E-state index in [1.54, 1.807) is 30.6 Å². The number of aromatic amines is 1. The fraction of sp³-hybridized carbons (Fsp3) is 0.133. The van der Waals surface area contributed by atoms with E-state index in [4.69, 9.17) is 0 Å². The second kappa shape index (κ2) is 6.57. The van der Waals surface area contributed by atoms with Crippen molar-refractivity contribution in [1.82, 2.24) is 19.9 Å². The highest BCUT2D eigenvalue weighted by atomic mass is 32.2. The van der Waals surface area contributed by atoms with E-state index in [0.717, 1.165) is 5.52 Å². The lowest BCUT2D eigenvalue weighted by molar-refractivity contribution is -0.113. The van der Waals surface area contributed by atoms with Gasteiger partial charge in [0.1, 0.15) is 16.9 Å². The van der Waals surface area contributed by atoms with Crippen molar-refractivity contribution in [3.05, 3.63) is 42.5 Å². The van der Waals surface area contributed by atoms with Crippen molar-refractivity contribution in [2.24, 2.45) is 0 Å². The highest BCUT2D eigenvalue weighted by molar-refractivity contribution is 8.00. The van der Waals surface area contributed by atoms with Gasteiger partial charge in [0.2, 0.25) is 5.91 Å². The molecule has 2 heterocycles. The molecule has 3 aromatic rings. The number of hydrogen-bond donors (Lipinski definition) is 2. The topological polar surface area (TPSA) is 101 Å². The zero-order valence-electron chi connectivity index (χ0n) is 12.2. The lowest BCUT2D eigenvalue weighted by Gasteiger charge is -2.05. The molecule has 1 aromatic carbocycles. The zero-order chi connectivity index (χ0) is 16.2. The molecule has 116 valence electrons. The lowest BCUT2D eigenvalue weighted by Crippen LogP contribution is -2.14. The van der Waals surface area contributed by atoms with Crippen LogP contribution in [0.3, 0.4) is 0 Å². The Labute approximate surface area is 135 Å². The molecule has 0 aliphatic heterocycles. The first kappa shape index (κ1) is 15.2. The van der Waals surface area contributed by atoms with Crippen molar-refractivity contribution >= 4 is 40.3 Å². The third-order valence-electron chi connectivity index (χ3n) is 3.10. The summed E-state index contributed by atoms with van der Waals surface area (Å²) < 4.78 is 0. The molecule has 2 N–H and O–H groups in total. The number of thioether (sulfide) groups is 1. The highest BCUT2D eigenvalue weighted by Gasteiger charge is 2.10. The van der Waals surface area contributed by atoms with Gasteiger partial charge in [0, 0.05) is 11.3 Å². The van der Waals surface area contributed by atoms with Gasteiger partial charge in [-0.25, -0.2) is 15.0 Å². The van der Waals surface area contributed by atoms with Crippen LogP contribution in [-0.2, 0) is 4.79 Å². The van der Waals surface area contributed by atoms with Crippen molar-refractivity contribution in [3.8, 4) is 0 Å². The molecule has 0 unspecified atom stereocenters. The number of nitrogens with one attached hydrogen (secondary N) is 2. The Morgan fingerprint density at radius 2 is 1.96 bits per heavy atom. The zero-order valence-corrected chi connectivity index (χ0v) is 13.1. The molecule has 0 saturated carbocycles. The van der Waals surface area contributed by atoms with Crippen LogP contribution in [0.1, 0.15) is 17.3 Å². The Hall–Kier alpha value is -2.74. The summed E-state index contributed by atoms with van der Waals surface area (Å²) in [7, 11) is 0. The maximum absolute atomic E-state index is 12.0. The minimum Gasteiger partial charge on any atom is -0.341 e. The Morgan fingerprint density at radius 1 is 1.17 bits per heavy atom. The van der Waals surface area contributed by atoms with Gasteiger partial charge in [-0.15, -0.1) is 0 Å². The molecule has 0 radical (unpaired) electrons. The van der Waals surface area contributed by atoms with Crippen LogP contribution < -0.4 is 5.32 Å². The standard InChI is InChI=1S/C15H13N5O2S/c1-9(21)10-2-4-11(5-3-10)20-12(22)6-23-15-13-14(17-7-16-13)18-8-19-15/h2-5,7-8H,6H2,1H3,(H,20,22)(H,16,17,18,19). The smallest absolute Gasteiger partial charge is 0.234 e. The summed E-state index contributed by atoms with van der Waals surface area (Å²) in [5, 5.41) is 3.46. The van der Waals surface area contributed by atoms with E-state index in [1.807, 2.05) is 0 Å². The second-order valence-corrected chi connectivity index (χ2v) is 5.71. The molecule has 7 nitrogen and oxygen atoms in total. The molecule has 23 heavy (non-hydrogen) atoms. The predicted octanol–water partition coefficient (Wildman–Crippen LogP) is 2.29. The molecule has 3 rings (SSSR count). The maximum Gasteiger partial charge on any atom is 0.234 e. The first-order valence-corrected chi connectivity index (χ1v) is 7.80. The van der Waals surface area contributed by atoms with Gasteiger partial charge in [0.15, 0.2) is 11.4 Å². The van der Waals surface area contributed by atoms with Crippen LogP contribution in [0.15, 0.2) is 41.9 Å². The average Bonchev–Trinajstić information content (AvgIpc) is 3.02. The van der Waals surface area contributed by atoms with Gasteiger partial charge in [-0.2, -0.15) is 0 Å². The molecular weight excluding hydrogens is 314 g/mol. The fourth-order valence-electron chi connectivity index (χ4n) is 1.97. The van der Waals surface area contributed by atoms with E-state index in [0.29, 0.717) is 21.9 Å². The average molecular weight is 327 g/mol. The van der Waals surface area contributed by atoms with Gasteiger partial charge in [-0.3, -0.25) is 9.59 Å². The number of Topliss-reactive ketones (excluding diaryl/α,β-unsaturated/α-hetero) is 1. The monoisotopic (exact) mass is 327 g/mol. The van der Waals surface area contributed by atoms with E-state index in [1.165, 1.54) is 25.0 Å². The number of rotatable bonds is 5. The van der Waals surface area contributed by atoms with Crippen molar-refractivity contribution in [1.29, 1.82) is 0 Å². The molecule has 0 saturated heterocycles. The highest BCUT2D eigenvalue weighted by Crippen LogP contribution is 2.21. The number of amides is 1. The molecule has 0 aliphatic rings. The third kappa shape index (κ3) is 3.54. The van der Waals surface area contributed by atoms with Gasteiger partial charge >= 0.3 is 0 Å². The number of aromatic nitrogens is 4.